The molecule has 0 saturated heterocycles. The molecule has 0 radical (unpaired) electrons. The number of aryl methyl sites for hydroxylation is 3. The molecule has 1 N–H and O–H groups in total. The summed E-state index contributed by atoms with van der Waals surface area (Å²) in [6, 6.07) is 21.6. The minimum absolute atomic E-state index is 0.257. The molecular weight excluding hydrogens is 458 g/mol. The SMILES string of the molecule is CCCCCCCN(c1ccccc1CCc1ccc(C(=O)O)cc1)S(=O)(=O)c1cccc(C)c1. The van der Waals surface area contributed by atoms with E-state index in [0.717, 1.165) is 48.8 Å². The highest BCUT2D eigenvalue weighted by atomic mass is 32.2. The van der Waals surface area contributed by atoms with E-state index >= 15 is 0 Å². The Hall–Kier alpha value is -3.12. The summed E-state index contributed by atoms with van der Waals surface area (Å²) in [6.45, 7) is 4.50. The maximum Gasteiger partial charge on any atom is 0.335 e. The van der Waals surface area contributed by atoms with Crippen LogP contribution in [0.2, 0.25) is 0 Å². The third-order valence-electron chi connectivity index (χ3n) is 6.19. The van der Waals surface area contributed by atoms with Gasteiger partial charge in [-0.15, -0.1) is 0 Å². The second-order valence-electron chi connectivity index (χ2n) is 8.94. The number of para-hydroxylation sites is 1. The molecule has 0 bridgehead atoms. The molecule has 0 aliphatic carbocycles. The number of nitrogens with zero attached hydrogens (tertiary/aromatic N) is 1. The monoisotopic (exact) mass is 493 g/mol. The predicted molar refractivity (Wildman–Crippen MR) is 142 cm³/mol. The van der Waals surface area contributed by atoms with E-state index in [4.69, 9.17) is 5.11 Å². The van der Waals surface area contributed by atoms with E-state index in [1.165, 1.54) is 0 Å². The first-order valence-corrected chi connectivity index (χ1v) is 13.8. The molecule has 0 aliphatic heterocycles. The summed E-state index contributed by atoms with van der Waals surface area (Å²) in [4.78, 5) is 11.4. The first-order chi connectivity index (χ1) is 16.8. The van der Waals surface area contributed by atoms with Gasteiger partial charge in [-0.05, 0) is 73.2 Å². The highest BCUT2D eigenvalue weighted by Crippen LogP contribution is 2.29. The third kappa shape index (κ3) is 7.18. The third-order valence-corrected chi connectivity index (χ3v) is 8.00. The molecule has 3 rings (SSSR count). The van der Waals surface area contributed by atoms with Crippen LogP contribution in [0.25, 0.3) is 0 Å². The van der Waals surface area contributed by atoms with E-state index in [0.29, 0.717) is 30.0 Å². The Balaban J connectivity index is 1.88. The van der Waals surface area contributed by atoms with Crippen LogP contribution in [0, 0.1) is 6.92 Å². The number of anilines is 1. The van der Waals surface area contributed by atoms with Crippen LogP contribution in [0.1, 0.15) is 66.1 Å². The number of aromatic carboxylic acids is 1. The number of rotatable bonds is 13. The largest absolute Gasteiger partial charge is 0.478 e. The van der Waals surface area contributed by atoms with Gasteiger partial charge in [0.15, 0.2) is 0 Å². The number of hydrogen-bond donors (Lipinski definition) is 1. The van der Waals surface area contributed by atoms with Crippen molar-refractivity contribution < 1.29 is 18.3 Å². The molecule has 0 saturated carbocycles. The second-order valence-corrected chi connectivity index (χ2v) is 10.8. The summed E-state index contributed by atoms with van der Waals surface area (Å²) in [5.41, 5.74) is 3.85. The maximum atomic E-state index is 13.8. The molecule has 0 unspecified atom stereocenters. The molecule has 0 heterocycles. The Morgan fingerprint density at radius 3 is 2.26 bits per heavy atom. The van der Waals surface area contributed by atoms with Crippen molar-refractivity contribution in [2.75, 3.05) is 10.8 Å². The number of carboxylic acids is 1. The zero-order chi connectivity index (χ0) is 25.3. The Bertz CT molecular complexity index is 1220. The Kier molecular flexibility index (Phi) is 9.49. The predicted octanol–water partition coefficient (Wildman–Crippen LogP) is 6.64. The summed E-state index contributed by atoms with van der Waals surface area (Å²) < 4.78 is 29.2. The summed E-state index contributed by atoms with van der Waals surface area (Å²) >= 11 is 0. The van der Waals surface area contributed by atoms with E-state index in [2.05, 4.69) is 6.92 Å². The quantitative estimate of drug-likeness (QED) is 0.271. The summed E-state index contributed by atoms with van der Waals surface area (Å²) in [7, 11) is -3.72. The van der Waals surface area contributed by atoms with Crippen molar-refractivity contribution in [1.29, 1.82) is 0 Å². The first kappa shape index (κ1) is 26.5. The summed E-state index contributed by atoms with van der Waals surface area (Å²) in [5.74, 6) is -0.946. The van der Waals surface area contributed by atoms with Crippen LogP contribution in [0.4, 0.5) is 5.69 Å². The number of hydrogen-bond acceptors (Lipinski definition) is 3. The van der Waals surface area contributed by atoms with Crippen LogP contribution in [0.15, 0.2) is 77.7 Å². The van der Waals surface area contributed by atoms with E-state index in [1.807, 2.05) is 49.4 Å². The van der Waals surface area contributed by atoms with Gasteiger partial charge < -0.3 is 5.11 Å². The number of carboxylic acid groups (broad SMARTS) is 1. The molecule has 0 atom stereocenters. The van der Waals surface area contributed by atoms with Crippen molar-refractivity contribution in [3.05, 3.63) is 95.1 Å². The van der Waals surface area contributed by atoms with Crippen molar-refractivity contribution in [3.63, 3.8) is 0 Å². The molecule has 5 nitrogen and oxygen atoms in total. The fraction of sp³-hybridized carbons (Fsp3) is 0.345. The van der Waals surface area contributed by atoms with Crippen LogP contribution in [-0.4, -0.2) is 26.0 Å². The van der Waals surface area contributed by atoms with Crippen molar-refractivity contribution >= 4 is 21.7 Å². The van der Waals surface area contributed by atoms with Crippen LogP contribution in [0.5, 0.6) is 0 Å². The Labute approximate surface area is 209 Å². The van der Waals surface area contributed by atoms with Gasteiger partial charge in [0.1, 0.15) is 0 Å². The molecule has 35 heavy (non-hydrogen) atoms. The average Bonchev–Trinajstić information content (AvgIpc) is 2.85. The fourth-order valence-corrected chi connectivity index (χ4v) is 5.84. The van der Waals surface area contributed by atoms with Gasteiger partial charge in [-0.2, -0.15) is 0 Å². The van der Waals surface area contributed by atoms with Gasteiger partial charge in [0.05, 0.1) is 16.1 Å². The Morgan fingerprint density at radius 1 is 0.857 bits per heavy atom. The summed E-state index contributed by atoms with van der Waals surface area (Å²) in [5, 5.41) is 9.12. The normalized spacial score (nSPS) is 11.4. The van der Waals surface area contributed by atoms with Gasteiger partial charge in [0.2, 0.25) is 0 Å². The lowest BCUT2D eigenvalue weighted by atomic mass is 10.0. The van der Waals surface area contributed by atoms with E-state index in [-0.39, 0.29) is 5.56 Å². The molecule has 0 fully saturated rings. The second kappa shape index (κ2) is 12.5. The average molecular weight is 494 g/mol. The highest BCUT2D eigenvalue weighted by molar-refractivity contribution is 7.92. The lowest BCUT2D eigenvalue weighted by Crippen LogP contribution is -2.33. The van der Waals surface area contributed by atoms with E-state index in [9.17, 15) is 13.2 Å². The van der Waals surface area contributed by atoms with Crippen molar-refractivity contribution in [2.24, 2.45) is 0 Å². The minimum atomic E-state index is -3.72. The van der Waals surface area contributed by atoms with Crippen LogP contribution >= 0.6 is 0 Å². The van der Waals surface area contributed by atoms with Gasteiger partial charge in [-0.1, -0.05) is 75.1 Å². The van der Waals surface area contributed by atoms with Crippen molar-refractivity contribution in [2.45, 2.75) is 63.7 Å². The highest BCUT2D eigenvalue weighted by Gasteiger charge is 2.26. The van der Waals surface area contributed by atoms with Crippen LogP contribution in [-0.2, 0) is 22.9 Å². The number of unbranched alkanes of at least 4 members (excludes halogenated alkanes) is 4. The van der Waals surface area contributed by atoms with Gasteiger partial charge in [-0.3, -0.25) is 4.31 Å². The molecule has 0 amide bonds. The van der Waals surface area contributed by atoms with Gasteiger partial charge in [0, 0.05) is 6.54 Å². The first-order valence-electron chi connectivity index (χ1n) is 12.3. The standard InChI is InChI=1S/C29H35NO4S/c1-3-4-5-6-9-21-30(35(33,34)27-13-10-11-23(2)22-27)28-14-8-7-12-25(28)18-15-24-16-19-26(20-17-24)29(31)32/h7-8,10-14,16-17,19-20,22H,3-6,9,15,18,21H2,1-2H3,(H,31,32). The summed E-state index contributed by atoms with van der Waals surface area (Å²) in [6.07, 6.45) is 6.53. The van der Waals surface area contributed by atoms with Gasteiger partial charge in [0.25, 0.3) is 10.0 Å². The molecule has 0 spiro atoms. The van der Waals surface area contributed by atoms with E-state index in [1.54, 1.807) is 34.6 Å². The van der Waals surface area contributed by atoms with E-state index < -0.39 is 16.0 Å². The smallest absolute Gasteiger partial charge is 0.335 e. The zero-order valence-electron chi connectivity index (χ0n) is 20.6. The van der Waals surface area contributed by atoms with Gasteiger partial charge >= 0.3 is 5.97 Å². The number of sulfonamides is 1. The minimum Gasteiger partial charge on any atom is -0.478 e. The lowest BCUT2D eigenvalue weighted by Gasteiger charge is -2.27. The molecule has 186 valence electrons. The van der Waals surface area contributed by atoms with Crippen molar-refractivity contribution in [3.8, 4) is 0 Å². The molecule has 0 aliphatic rings. The molecule has 3 aromatic rings. The molecule has 6 heteroatoms. The molecule has 0 aromatic heterocycles. The van der Waals surface area contributed by atoms with Crippen molar-refractivity contribution in [1.82, 2.24) is 0 Å². The molecule has 3 aromatic carbocycles. The topological polar surface area (TPSA) is 74.7 Å². The maximum absolute atomic E-state index is 13.8. The van der Waals surface area contributed by atoms with Gasteiger partial charge in [-0.25, -0.2) is 13.2 Å². The fourth-order valence-electron chi connectivity index (χ4n) is 4.19. The lowest BCUT2D eigenvalue weighted by molar-refractivity contribution is 0.0697. The number of benzene rings is 3. The van der Waals surface area contributed by atoms with Crippen LogP contribution in [0.3, 0.4) is 0 Å². The molecular formula is C29H35NO4S. The zero-order valence-corrected chi connectivity index (χ0v) is 21.4. The Morgan fingerprint density at radius 2 is 1.57 bits per heavy atom. The van der Waals surface area contributed by atoms with Crippen LogP contribution < -0.4 is 4.31 Å². The number of carbonyl (C=O) groups is 1.